The van der Waals surface area contributed by atoms with E-state index in [1.807, 2.05) is 6.92 Å². The normalized spacial score (nSPS) is 20.8. The minimum Gasteiger partial charge on any atom is -0.508 e. The standard InChI is InChI=1S/C14H19FN2O2/c1-9(13-4-2-3-7-16-13)17-14(19)11-6-5-10(18)8-12(11)15/h5-6,8-9,13,16,18H,2-4,7H2,1H3,(H,17,19). The van der Waals surface area contributed by atoms with E-state index in [0.717, 1.165) is 31.9 Å². The summed E-state index contributed by atoms with van der Waals surface area (Å²) in [6, 6.07) is 3.72. The zero-order chi connectivity index (χ0) is 13.8. The van der Waals surface area contributed by atoms with Gasteiger partial charge in [-0.25, -0.2) is 4.39 Å². The second-order valence-corrected chi connectivity index (χ2v) is 4.98. The Morgan fingerprint density at radius 1 is 1.53 bits per heavy atom. The smallest absolute Gasteiger partial charge is 0.254 e. The van der Waals surface area contributed by atoms with Gasteiger partial charge in [-0.15, -0.1) is 0 Å². The minimum absolute atomic E-state index is 0.0412. The summed E-state index contributed by atoms with van der Waals surface area (Å²) in [4.78, 5) is 12.0. The van der Waals surface area contributed by atoms with Gasteiger partial charge in [-0.2, -0.15) is 0 Å². The fourth-order valence-corrected chi connectivity index (χ4v) is 2.38. The van der Waals surface area contributed by atoms with E-state index in [0.29, 0.717) is 0 Å². The van der Waals surface area contributed by atoms with Crippen molar-refractivity contribution in [1.82, 2.24) is 10.6 Å². The fourth-order valence-electron chi connectivity index (χ4n) is 2.38. The molecule has 2 unspecified atom stereocenters. The van der Waals surface area contributed by atoms with Crippen LogP contribution in [0.5, 0.6) is 5.75 Å². The van der Waals surface area contributed by atoms with Crippen molar-refractivity contribution >= 4 is 5.91 Å². The summed E-state index contributed by atoms with van der Waals surface area (Å²) in [6.07, 6.45) is 3.31. The van der Waals surface area contributed by atoms with Crippen LogP contribution in [-0.4, -0.2) is 29.6 Å². The number of piperidine rings is 1. The van der Waals surface area contributed by atoms with Gasteiger partial charge in [0.25, 0.3) is 5.91 Å². The molecule has 0 spiro atoms. The molecule has 1 saturated heterocycles. The summed E-state index contributed by atoms with van der Waals surface area (Å²) >= 11 is 0. The summed E-state index contributed by atoms with van der Waals surface area (Å²) in [5.74, 6) is -1.34. The molecule has 5 heteroatoms. The molecule has 2 rings (SSSR count). The molecule has 4 nitrogen and oxygen atoms in total. The van der Waals surface area contributed by atoms with E-state index in [1.165, 1.54) is 12.1 Å². The Kier molecular flexibility index (Phi) is 4.37. The molecule has 1 aromatic carbocycles. The number of aromatic hydroxyl groups is 1. The van der Waals surface area contributed by atoms with Crippen LogP contribution in [-0.2, 0) is 0 Å². The number of carbonyl (C=O) groups excluding carboxylic acids is 1. The van der Waals surface area contributed by atoms with Gasteiger partial charge in [-0.05, 0) is 38.4 Å². The Bertz CT molecular complexity index is 459. The summed E-state index contributed by atoms with van der Waals surface area (Å²) in [6.45, 7) is 2.87. The highest BCUT2D eigenvalue weighted by Crippen LogP contribution is 2.16. The number of amides is 1. The lowest BCUT2D eigenvalue weighted by molar-refractivity contribution is 0.0924. The first-order chi connectivity index (χ1) is 9.08. The lowest BCUT2D eigenvalue weighted by Crippen LogP contribution is -2.50. The van der Waals surface area contributed by atoms with Crippen LogP contribution in [0.2, 0.25) is 0 Å². The lowest BCUT2D eigenvalue weighted by Gasteiger charge is -2.29. The Hall–Kier alpha value is -1.62. The maximum absolute atomic E-state index is 13.6. The predicted molar refractivity (Wildman–Crippen MR) is 70.6 cm³/mol. The van der Waals surface area contributed by atoms with Gasteiger partial charge < -0.3 is 15.7 Å². The van der Waals surface area contributed by atoms with E-state index in [2.05, 4.69) is 10.6 Å². The minimum atomic E-state index is -0.707. The monoisotopic (exact) mass is 266 g/mol. The van der Waals surface area contributed by atoms with Crippen LogP contribution in [0.25, 0.3) is 0 Å². The largest absolute Gasteiger partial charge is 0.508 e. The average molecular weight is 266 g/mol. The quantitative estimate of drug-likeness (QED) is 0.781. The van der Waals surface area contributed by atoms with Gasteiger partial charge in [0.2, 0.25) is 0 Å². The van der Waals surface area contributed by atoms with Gasteiger partial charge in [0.05, 0.1) is 5.56 Å². The summed E-state index contributed by atoms with van der Waals surface area (Å²) in [5, 5.41) is 15.3. The number of hydrogen-bond acceptors (Lipinski definition) is 3. The Labute approximate surface area is 112 Å². The van der Waals surface area contributed by atoms with Gasteiger partial charge >= 0.3 is 0 Å². The second kappa shape index (κ2) is 6.02. The molecule has 1 fully saturated rings. The maximum Gasteiger partial charge on any atom is 0.254 e. The topological polar surface area (TPSA) is 61.4 Å². The molecule has 19 heavy (non-hydrogen) atoms. The van der Waals surface area contributed by atoms with Crippen molar-refractivity contribution in [1.29, 1.82) is 0 Å². The number of halogens is 1. The molecule has 1 aliphatic rings. The Balaban J connectivity index is 1.99. The van der Waals surface area contributed by atoms with Gasteiger partial charge in [0, 0.05) is 18.2 Å². The number of benzene rings is 1. The Morgan fingerprint density at radius 2 is 2.32 bits per heavy atom. The van der Waals surface area contributed by atoms with E-state index in [4.69, 9.17) is 5.11 Å². The number of rotatable bonds is 3. The maximum atomic E-state index is 13.6. The third kappa shape index (κ3) is 3.44. The van der Waals surface area contributed by atoms with Crippen LogP contribution >= 0.6 is 0 Å². The molecule has 3 N–H and O–H groups in total. The van der Waals surface area contributed by atoms with Crippen LogP contribution in [0, 0.1) is 5.82 Å². The van der Waals surface area contributed by atoms with Crippen LogP contribution in [0.1, 0.15) is 36.5 Å². The van der Waals surface area contributed by atoms with Gasteiger partial charge in [-0.1, -0.05) is 6.42 Å². The molecule has 1 amide bonds. The molecule has 0 saturated carbocycles. The number of nitrogens with one attached hydrogen (secondary N) is 2. The van der Waals surface area contributed by atoms with E-state index in [1.54, 1.807) is 0 Å². The Morgan fingerprint density at radius 3 is 2.95 bits per heavy atom. The van der Waals surface area contributed by atoms with Crippen LogP contribution in [0.4, 0.5) is 4.39 Å². The number of carbonyl (C=O) groups is 1. The molecule has 2 atom stereocenters. The highest BCUT2D eigenvalue weighted by atomic mass is 19.1. The van der Waals surface area contributed by atoms with E-state index < -0.39 is 11.7 Å². The van der Waals surface area contributed by atoms with Crippen molar-refractivity contribution in [3.05, 3.63) is 29.6 Å². The molecule has 1 heterocycles. The van der Waals surface area contributed by atoms with Gasteiger partial charge in [0.1, 0.15) is 11.6 Å². The third-order valence-corrected chi connectivity index (χ3v) is 3.51. The molecule has 0 aliphatic carbocycles. The number of phenolic OH excluding ortho intramolecular Hbond substituents is 1. The molecule has 0 radical (unpaired) electrons. The van der Waals surface area contributed by atoms with Crippen LogP contribution in [0.15, 0.2) is 18.2 Å². The number of hydrogen-bond donors (Lipinski definition) is 3. The zero-order valence-corrected chi connectivity index (χ0v) is 10.9. The SMILES string of the molecule is CC(NC(=O)c1ccc(O)cc1F)C1CCCCN1. The highest BCUT2D eigenvalue weighted by molar-refractivity contribution is 5.94. The molecule has 0 bridgehead atoms. The van der Waals surface area contributed by atoms with Crippen molar-refractivity contribution in [2.24, 2.45) is 0 Å². The molecule has 0 aromatic heterocycles. The first-order valence-electron chi connectivity index (χ1n) is 6.60. The molecule has 1 aliphatic heterocycles. The van der Waals surface area contributed by atoms with Crippen LogP contribution in [0.3, 0.4) is 0 Å². The number of phenols is 1. The lowest BCUT2D eigenvalue weighted by atomic mass is 9.99. The van der Waals surface area contributed by atoms with Crippen LogP contribution < -0.4 is 10.6 Å². The second-order valence-electron chi connectivity index (χ2n) is 4.98. The van der Waals surface area contributed by atoms with Crippen molar-refractivity contribution in [2.75, 3.05) is 6.54 Å². The summed E-state index contributed by atoms with van der Waals surface area (Å²) in [7, 11) is 0. The van der Waals surface area contributed by atoms with E-state index >= 15 is 0 Å². The average Bonchev–Trinajstić information content (AvgIpc) is 2.39. The first kappa shape index (κ1) is 13.8. The van der Waals surface area contributed by atoms with Gasteiger partial charge in [-0.3, -0.25) is 4.79 Å². The highest BCUT2D eigenvalue weighted by Gasteiger charge is 2.22. The van der Waals surface area contributed by atoms with Crippen molar-refractivity contribution in [3.8, 4) is 5.75 Å². The van der Waals surface area contributed by atoms with E-state index in [9.17, 15) is 9.18 Å². The fraction of sp³-hybridized carbons (Fsp3) is 0.500. The van der Waals surface area contributed by atoms with Crippen molar-refractivity contribution < 1.29 is 14.3 Å². The third-order valence-electron chi connectivity index (χ3n) is 3.51. The molecule has 1 aromatic rings. The molecular weight excluding hydrogens is 247 g/mol. The molecular formula is C14H19FN2O2. The zero-order valence-electron chi connectivity index (χ0n) is 10.9. The summed E-state index contributed by atoms with van der Waals surface area (Å²) < 4.78 is 13.6. The molecule has 104 valence electrons. The van der Waals surface area contributed by atoms with E-state index in [-0.39, 0.29) is 23.4 Å². The van der Waals surface area contributed by atoms with Crippen molar-refractivity contribution in [3.63, 3.8) is 0 Å². The van der Waals surface area contributed by atoms with Gasteiger partial charge in [0.15, 0.2) is 0 Å². The predicted octanol–water partition coefficient (Wildman–Crippen LogP) is 1.79. The summed E-state index contributed by atoms with van der Waals surface area (Å²) in [5.41, 5.74) is -0.0412. The first-order valence-corrected chi connectivity index (χ1v) is 6.60. The van der Waals surface area contributed by atoms with Crippen molar-refractivity contribution in [2.45, 2.75) is 38.3 Å².